The summed E-state index contributed by atoms with van der Waals surface area (Å²) < 4.78 is 1.12. The Bertz CT molecular complexity index is 894. The molecule has 0 saturated carbocycles. The van der Waals surface area contributed by atoms with E-state index in [4.69, 9.17) is 0 Å². The Kier molecular flexibility index (Phi) is 2.02. The van der Waals surface area contributed by atoms with E-state index in [1.165, 1.54) is 11.3 Å². The van der Waals surface area contributed by atoms with E-state index in [1.807, 2.05) is 24.3 Å². The summed E-state index contributed by atoms with van der Waals surface area (Å²) in [5.74, 6) is -0.188. The first-order valence-electron chi connectivity index (χ1n) is 4.94. The molecule has 0 radical (unpaired) electrons. The number of rotatable bonds is 0. The largest absolute Gasteiger partial charge is 0.506 e. The van der Waals surface area contributed by atoms with Crippen LogP contribution in [0.3, 0.4) is 0 Å². The van der Waals surface area contributed by atoms with Gasteiger partial charge in [-0.1, -0.05) is 12.1 Å². The fourth-order valence-electron chi connectivity index (χ4n) is 1.73. The Labute approximate surface area is 98.4 Å². The molecular weight excluding hydrogens is 238 g/mol. The van der Waals surface area contributed by atoms with E-state index in [-0.39, 0.29) is 10.3 Å². The van der Waals surface area contributed by atoms with Crippen molar-refractivity contribution >= 4 is 21.6 Å². The van der Waals surface area contributed by atoms with Crippen molar-refractivity contribution < 1.29 is 5.11 Å². The highest BCUT2D eigenvalue weighted by Gasteiger charge is 2.06. The van der Waals surface area contributed by atoms with Gasteiger partial charge in [0.15, 0.2) is 0 Å². The van der Waals surface area contributed by atoms with Gasteiger partial charge in [-0.2, -0.15) is 0 Å². The average molecular weight is 245 g/mol. The van der Waals surface area contributed by atoms with Crippen molar-refractivity contribution in [3.05, 3.63) is 60.7 Å². The smallest absolute Gasteiger partial charge is 0.245 e. The van der Waals surface area contributed by atoms with Crippen LogP contribution in [-0.4, -0.2) is 10.1 Å². The monoisotopic (exact) mass is 245 g/mol. The van der Waals surface area contributed by atoms with Gasteiger partial charge in [-0.3, -0.25) is 9.59 Å². The maximum absolute atomic E-state index is 11.7. The molecule has 5 heteroatoms. The van der Waals surface area contributed by atoms with Gasteiger partial charge >= 0.3 is 0 Å². The number of H-pyrrole nitrogens is 1. The van der Waals surface area contributed by atoms with Gasteiger partial charge in [0.05, 0.1) is 10.2 Å². The molecule has 2 N–H and O–H groups in total. The number of benzene rings is 1. The summed E-state index contributed by atoms with van der Waals surface area (Å²) in [5, 5.41) is 9.99. The van der Waals surface area contributed by atoms with Crippen LogP contribution in [0.25, 0.3) is 10.2 Å². The summed E-state index contributed by atoms with van der Waals surface area (Å²) in [6.07, 6.45) is 0. The normalized spacial score (nSPS) is 11.1. The second kappa shape index (κ2) is 3.43. The van der Waals surface area contributed by atoms with Crippen LogP contribution in [0.15, 0.2) is 39.9 Å². The zero-order chi connectivity index (χ0) is 12.0. The van der Waals surface area contributed by atoms with E-state index >= 15 is 0 Å². The summed E-state index contributed by atoms with van der Waals surface area (Å²) in [4.78, 5) is 26.0. The van der Waals surface area contributed by atoms with E-state index in [0.717, 1.165) is 16.3 Å². The van der Waals surface area contributed by atoms with Crippen molar-refractivity contribution in [1.29, 1.82) is 0 Å². The van der Waals surface area contributed by atoms with Gasteiger partial charge in [0.25, 0.3) is 0 Å². The lowest BCUT2D eigenvalue weighted by Crippen LogP contribution is -2.23. The Morgan fingerprint density at radius 3 is 2.76 bits per heavy atom. The maximum Gasteiger partial charge on any atom is 0.245 e. The molecule has 1 aliphatic heterocycles. The molecule has 0 spiro atoms. The number of aromatic nitrogens is 1. The number of nitrogens with one attached hydrogen (secondary N) is 1. The van der Waals surface area contributed by atoms with Crippen molar-refractivity contribution in [3.63, 3.8) is 0 Å². The van der Waals surface area contributed by atoms with Crippen molar-refractivity contribution in [2.75, 3.05) is 0 Å². The standard InChI is InChI=1S/C12H7NO3S/c14-7-5-8(15)11(16)12-10(7)13-6-3-1-2-4-9(6)17-12/h1-5,13-14H. The molecule has 2 aliphatic rings. The minimum atomic E-state index is -0.685. The van der Waals surface area contributed by atoms with Crippen LogP contribution in [0.1, 0.15) is 0 Å². The molecule has 0 aromatic heterocycles. The first-order valence-corrected chi connectivity index (χ1v) is 5.76. The van der Waals surface area contributed by atoms with Gasteiger partial charge in [0.2, 0.25) is 10.9 Å². The van der Waals surface area contributed by atoms with Crippen LogP contribution in [-0.2, 0) is 0 Å². The quantitative estimate of drug-likeness (QED) is 0.588. The number of hydrogen-bond donors (Lipinski definition) is 2. The molecule has 17 heavy (non-hydrogen) atoms. The summed E-state index contributed by atoms with van der Waals surface area (Å²) in [6, 6.07) is 8.35. The lowest BCUT2D eigenvalue weighted by molar-refractivity contribution is 0.468. The highest BCUT2D eigenvalue weighted by Crippen LogP contribution is 2.19. The molecule has 0 fully saturated rings. The molecule has 0 bridgehead atoms. The van der Waals surface area contributed by atoms with Crippen LogP contribution in [0.2, 0.25) is 0 Å². The van der Waals surface area contributed by atoms with Crippen molar-refractivity contribution in [1.82, 2.24) is 4.98 Å². The lowest BCUT2D eigenvalue weighted by atomic mass is 10.3. The molecule has 0 atom stereocenters. The molecule has 0 unspecified atom stereocenters. The second-order valence-corrected chi connectivity index (χ2v) is 4.70. The third kappa shape index (κ3) is 1.43. The van der Waals surface area contributed by atoms with Crippen LogP contribution in [0.5, 0.6) is 5.75 Å². The van der Waals surface area contributed by atoms with Gasteiger partial charge in [-0.25, -0.2) is 0 Å². The third-order valence-electron chi connectivity index (χ3n) is 2.54. The predicted octanol–water partition coefficient (Wildman–Crippen LogP) is 1.38. The van der Waals surface area contributed by atoms with Crippen LogP contribution in [0.4, 0.5) is 0 Å². The Hall–Kier alpha value is -2.14. The lowest BCUT2D eigenvalue weighted by Gasteiger charge is -2.00. The molecule has 4 nitrogen and oxygen atoms in total. The van der Waals surface area contributed by atoms with Gasteiger partial charge < -0.3 is 10.1 Å². The number of aromatic hydroxyl groups is 1. The third-order valence-corrected chi connectivity index (χ3v) is 3.71. The molecule has 0 saturated heterocycles. The summed E-state index contributed by atoms with van der Waals surface area (Å²) >= 11 is 1.20. The van der Waals surface area contributed by atoms with Crippen LogP contribution in [0, 0.1) is 9.88 Å². The van der Waals surface area contributed by atoms with Gasteiger partial charge in [-0.15, -0.1) is 11.3 Å². The summed E-state index contributed by atoms with van der Waals surface area (Å²) in [7, 11) is 0. The van der Waals surface area contributed by atoms with E-state index in [1.54, 1.807) is 0 Å². The predicted molar refractivity (Wildman–Crippen MR) is 65.7 cm³/mol. The average Bonchev–Trinajstić information content (AvgIpc) is 2.34. The molecule has 0 amide bonds. The van der Waals surface area contributed by atoms with Crippen LogP contribution < -0.4 is 10.9 Å². The van der Waals surface area contributed by atoms with E-state index in [9.17, 15) is 14.7 Å². The molecular formula is C12H7NO3S. The number of para-hydroxylation sites is 1. The Morgan fingerprint density at radius 1 is 1.18 bits per heavy atom. The minimum Gasteiger partial charge on any atom is -0.506 e. The van der Waals surface area contributed by atoms with Gasteiger partial charge in [-0.05, 0) is 12.1 Å². The Morgan fingerprint density at radius 2 is 1.94 bits per heavy atom. The molecule has 1 aliphatic carbocycles. The molecule has 1 aromatic rings. The molecule has 84 valence electrons. The van der Waals surface area contributed by atoms with Gasteiger partial charge in [0.1, 0.15) is 15.6 Å². The number of hydrogen-bond acceptors (Lipinski definition) is 4. The SMILES string of the molecule is O=c1cc(O)c2[nH]c3ccccc3sc=2c1=O. The van der Waals surface area contributed by atoms with Crippen molar-refractivity contribution in [2.24, 2.45) is 0 Å². The first-order chi connectivity index (χ1) is 8.16. The molecule has 1 aromatic carbocycles. The van der Waals surface area contributed by atoms with Crippen LogP contribution >= 0.6 is 11.3 Å². The highest BCUT2D eigenvalue weighted by atomic mass is 32.1. The van der Waals surface area contributed by atoms with Crippen molar-refractivity contribution in [3.8, 4) is 5.75 Å². The summed E-state index contributed by atoms with van der Waals surface area (Å²) in [6.45, 7) is 0. The molecule has 1 heterocycles. The second-order valence-electron chi connectivity index (χ2n) is 3.65. The topological polar surface area (TPSA) is 70.2 Å². The fraction of sp³-hybridized carbons (Fsp3) is 0. The minimum absolute atomic E-state index is 0.188. The van der Waals surface area contributed by atoms with E-state index < -0.39 is 10.9 Å². The summed E-state index contributed by atoms with van der Waals surface area (Å²) in [5.41, 5.74) is -0.446. The zero-order valence-electron chi connectivity index (χ0n) is 8.56. The first kappa shape index (κ1) is 10.0. The van der Waals surface area contributed by atoms with Crippen molar-refractivity contribution in [2.45, 2.75) is 0 Å². The van der Waals surface area contributed by atoms with Gasteiger partial charge in [0, 0.05) is 6.07 Å². The fourth-order valence-corrected chi connectivity index (χ4v) is 2.77. The highest BCUT2D eigenvalue weighted by molar-refractivity contribution is 7.16. The Balaban J connectivity index is 2.74. The number of aromatic amines is 1. The number of fused-ring (bicyclic) bond motifs is 1. The molecule has 3 rings (SSSR count). The van der Waals surface area contributed by atoms with E-state index in [0.29, 0.717) is 5.35 Å². The zero-order valence-corrected chi connectivity index (χ0v) is 9.38. The van der Waals surface area contributed by atoms with E-state index in [2.05, 4.69) is 4.98 Å². The maximum atomic E-state index is 11.7.